The smallest absolute Gasteiger partial charge is 0.475 e. The number of rotatable bonds is 3. The minimum Gasteiger partial charge on any atom is -0.475 e. The van der Waals surface area contributed by atoms with Crippen molar-refractivity contribution in [3.05, 3.63) is 66.0 Å². The van der Waals surface area contributed by atoms with Gasteiger partial charge in [-0.05, 0) is 44.5 Å². The van der Waals surface area contributed by atoms with Gasteiger partial charge < -0.3 is 19.2 Å². The predicted octanol–water partition coefficient (Wildman–Crippen LogP) is 5.15. The molecule has 1 spiro atoms. The monoisotopic (exact) mass is 604 g/mol. The van der Waals surface area contributed by atoms with Crippen molar-refractivity contribution in [1.29, 1.82) is 0 Å². The van der Waals surface area contributed by atoms with E-state index in [-0.39, 0.29) is 5.54 Å². The van der Waals surface area contributed by atoms with Crippen molar-refractivity contribution >= 4 is 11.9 Å². The Balaban J connectivity index is 0.000000289. The van der Waals surface area contributed by atoms with Gasteiger partial charge in [-0.3, -0.25) is 9.80 Å². The zero-order valence-electron chi connectivity index (χ0n) is 22.7. The highest BCUT2D eigenvalue weighted by molar-refractivity contribution is 5.73. The summed E-state index contributed by atoms with van der Waals surface area (Å²) < 4.78 is 71.5. The van der Waals surface area contributed by atoms with Gasteiger partial charge in [0.05, 0.1) is 30.2 Å². The summed E-state index contributed by atoms with van der Waals surface area (Å²) in [6.45, 7) is 7.24. The fourth-order valence-corrected chi connectivity index (χ4v) is 4.87. The number of hydrogen-bond acceptors (Lipinski definition) is 6. The molecule has 2 aliphatic rings. The van der Waals surface area contributed by atoms with Gasteiger partial charge in [0.25, 0.3) is 0 Å². The van der Waals surface area contributed by atoms with Crippen molar-refractivity contribution in [1.82, 2.24) is 19.4 Å². The number of fused-ring (bicyclic) bond motifs is 2. The lowest BCUT2D eigenvalue weighted by Gasteiger charge is -2.49. The lowest BCUT2D eigenvalue weighted by molar-refractivity contribution is -0.193. The molecular formula is C27H30F6N4O5. The Kier molecular flexibility index (Phi) is 10.1. The highest BCUT2D eigenvalue weighted by Crippen LogP contribution is 2.41. The van der Waals surface area contributed by atoms with E-state index in [9.17, 15) is 26.3 Å². The third-order valence-corrected chi connectivity index (χ3v) is 7.14. The quantitative estimate of drug-likeness (QED) is 0.395. The molecule has 0 atom stereocenters. The summed E-state index contributed by atoms with van der Waals surface area (Å²) in [5, 5.41) is 14.2. The first kappa shape index (κ1) is 32.7. The number of likely N-dealkylation sites (tertiary alicyclic amines) is 1. The Hall–Kier alpha value is -3.85. The first-order valence-corrected chi connectivity index (χ1v) is 12.7. The maximum atomic E-state index is 10.6. The maximum absolute atomic E-state index is 10.6. The number of halogens is 6. The molecule has 230 valence electrons. The van der Waals surface area contributed by atoms with Gasteiger partial charge in [-0.25, -0.2) is 14.6 Å². The highest BCUT2D eigenvalue weighted by Gasteiger charge is 2.45. The van der Waals surface area contributed by atoms with Crippen LogP contribution in [0.25, 0.3) is 11.3 Å². The number of carboxylic acids is 2. The molecule has 5 rings (SSSR count). The Morgan fingerprint density at radius 2 is 1.48 bits per heavy atom. The molecule has 42 heavy (non-hydrogen) atoms. The second-order valence-corrected chi connectivity index (χ2v) is 9.90. The zero-order valence-corrected chi connectivity index (χ0v) is 22.7. The summed E-state index contributed by atoms with van der Waals surface area (Å²) >= 11 is 0. The Labute approximate surface area is 237 Å². The van der Waals surface area contributed by atoms with Gasteiger partial charge in [0.15, 0.2) is 0 Å². The summed E-state index contributed by atoms with van der Waals surface area (Å²) in [6, 6.07) is 12.9. The molecule has 0 bridgehead atoms. The maximum Gasteiger partial charge on any atom is 0.490 e. The van der Waals surface area contributed by atoms with Crippen LogP contribution >= 0.6 is 0 Å². The van der Waals surface area contributed by atoms with Crippen LogP contribution in [-0.4, -0.2) is 80.5 Å². The summed E-state index contributed by atoms with van der Waals surface area (Å²) in [4.78, 5) is 27.8. The van der Waals surface area contributed by atoms with E-state index in [0.29, 0.717) is 0 Å². The number of aliphatic carboxylic acids is 2. The normalized spacial score (nSPS) is 17.0. The molecule has 9 nitrogen and oxygen atoms in total. The number of aromatic nitrogens is 2. The number of carbonyl (C=O) groups is 2. The topological polar surface area (TPSA) is 112 Å². The van der Waals surface area contributed by atoms with Crippen LogP contribution < -0.4 is 0 Å². The fraction of sp³-hybridized carbons (Fsp3) is 0.444. The molecule has 2 N–H and O–H groups in total. The molecule has 1 fully saturated rings. The number of piperidine rings is 1. The van der Waals surface area contributed by atoms with E-state index in [1.807, 2.05) is 6.07 Å². The standard InChI is InChI=1S/C23H28N4O.2C2HF3O2/c1-18-5-7-19(8-6-18)21-16-24-22-23(25(2)13-14-27(21)22)9-11-26(12-10-23)17-20-4-3-15-28-20;2*3-2(4,5)1(6)7/h3-8,15-16H,9-14,17H2,1-2H3;2*(H,6,7). The molecular weight excluding hydrogens is 574 g/mol. The Morgan fingerprint density at radius 3 is 1.95 bits per heavy atom. The fourth-order valence-electron chi connectivity index (χ4n) is 4.87. The highest BCUT2D eigenvalue weighted by atomic mass is 19.4. The van der Waals surface area contributed by atoms with E-state index in [1.54, 1.807) is 6.26 Å². The van der Waals surface area contributed by atoms with Crippen molar-refractivity contribution in [3.63, 3.8) is 0 Å². The van der Waals surface area contributed by atoms with Gasteiger partial charge in [0.2, 0.25) is 0 Å². The van der Waals surface area contributed by atoms with Crippen LogP contribution in [0.15, 0.2) is 53.3 Å². The average molecular weight is 605 g/mol. The number of imidazole rings is 1. The summed E-state index contributed by atoms with van der Waals surface area (Å²) in [6.07, 6.45) is -4.11. The SMILES string of the molecule is Cc1ccc(-c2cnc3n2CCN(C)C32CCN(Cc3ccco3)CC2)cc1.O=C(O)C(F)(F)F.O=C(O)C(F)(F)F. The molecule has 3 aromatic rings. The number of furan rings is 1. The minimum absolute atomic E-state index is 0.0425. The van der Waals surface area contributed by atoms with Gasteiger partial charge in [-0.15, -0.1) is 0 Å². The van der Waals surface area contributed by atoms with Crippen molar-refractivity contribution in [2.75, 3.05) is 26.7 Å². The molecule has 0 unspecified atom stereocenters. The Morgan fingerprint density at radius 1 is 0.929 bits per heavy atom. The van der Waals surface area contributed by atoms with Crippen LogP contribution in [0.2, 0.25) is 0 Å². The summed E-state index contributed by atoms with van der Waals surface area (Å²) in [5.41, 5.74) is 3.85. The number of likely N-dealkylation sites (N-methyl/N-ethyl adjacent to an activating group) is 1. The number of carboxylic acid groups (broad SMARTS) is 2. The summed E-state index contributed by atoms with van der Waals surface area (Å²) in [5.74, 6) is -3.22. The number of alkyl halides is 6. The molecule has 4 heterocycles. The van der Waals surface area contributed by atoms with Gasteiger partial charge in [0.1, 0.15) is 11.6 Å². The zero-order chi connectivity index (χ0) is 31.3. The molecule has 1 aromatic carbocycles. The molecule has 0 saturated carbocycles. The minimum atomic E-state index is -5.08. The van der Waals surface area contributed by atoms with Gasteiger partial charge in [-0.1, -0.05) is 29.8 Å². The average Bonchev–Trinajstić information content (AvgIpc) is 3.58. The van der Waals surface area contributed by atoms with Crippen molar-refractivity contribution in [2.45, 2.75) is 50.7 Å². The molecule has 0 aliphatic carbocycles. The number of aryl methyl sites for hydroxylation is 1. The summed E-state index contributed by atoms with van der Waals surface area (Å²) in [7, 11) is 2.27. The van der Waals surface area contributed by atoms with Crippen LogP contribution in [0.1, 0.15) is 30.0 Å². The third-order valence-electron chi connectivity index (χ3n) is 7.14. The first-order chi connectivity index (χ1) is 19.5. The third kappa shape index (κ3) is 7.91. The first-order valence-electron chi connectivity index (χ1n) is 12.7. The van der Waals surface area contributed by atoms with Crippen LogP contribution in [-0.2, 0) is 28.2 Å². The van der Waals surface area contributed by atoms with E-state index < -0.39 is 24.3 Å². The Bertz CT molecular complexity index is 1300. The van der Waals surface area contributed by atoms with Crippen molar-refractivity contribution in [3.8, 4) is 11.3 Å². The molecule has 15 heteroatoms. The van der Waals surface area contributed by atoms with Crippen molar-refractivity contribution < 1.29 is 50.6 Å². The van der Waals surface area contributed by atoms with Crippen LogP contribution in [0, 0.1) is 6.92 Å². The van der Waals surface area contributed by atoms with Crippen molar-refractivity contribution in [2.24, 2.45) is 0 Å². The van der Waals surface area contributed by atoms with Crippen LogP contribution in [0.4, 0.5) is 26.3 Å². The molecule has 0 radical (unpaired) electrons. The van der Waals surface area contributed by atoms with E-state index in [2.05, 4.69) is 64.9 Å². The second kappa shape index (κ2) is 13.0. The van der Waals surface area contributed by atoms with Gasteiger partial charge in [-0.2, -0.15) is 26.3 Å². The number of nitrogens with zero attached hydrogens (tertiary/aromatic N) is 4. The lowest BCUT2D eigenvalue weighted by atomic mass is 9.83. The lowest BCUT2D eigenvalue weighted by Crippen LogP contribution is -2.56. The van der Waals surface area contributed by atoms with E-state index >= 15 is 0 Å². The van der Waals surface area contributed by atoms with E-state index in [1.165, 1.54) is 22.6 Å². The molecule has 2 aromatic heterocycles. The van der Waals surface area contributed by atoms with Gasteiger partial charge in [0, 0.05) is 26.2 Å². The van der Waals surface area contributed by atoms with Crippen LogP contribution in [0.5, 0.6) is 0 Å². The van der Waals surface area contributed by atoms with Gasteiger partial charge >= 0.3 is 24.3 Å². The number of hydrogen-bond donors (Lipinski definition) is 2. The molecule has 2 aliphatic heterocycles. The number of benzene rings is 1. The molecule has 0 amide bonds. The predicted molar refractivity (Wildman–Crippen MR) is 137 cm³/mol. The largest absolute Gasteiger partial charge is 0.490 e. The van der Waals surface area contributed by atoms with E-state index in [0.717, 1.165) is 51.3 Å². The second-order valence-electron chi connectivity index (χ2n) is 9.90. The van der Waals surface area contributed by atoms with E-state index in [4.69, 9.17) is 29.2 Å². The van der Waals surface area contributed by atoms with Crippen LogP contribution in [0.3, 0.4) is 0 Å². The molecule has 1 saturated heterocycles.